The molecule has 0 aliphatic carbocycles. The number of hydrogen-bond acceptors (Lipinski definition) is 6. The third-order valence-electron chi connectivity index (χ3n) is 5.00. The molecule has 1 unspecified atom stereocenters. The Bertz CT molecular complexity index is 574. The fourth-order valence-electron chi connectivity index (χ4n) is 3.89. The van der Waals surface area contributed by atoms with Crippen LogP contribution in [-0.4, -0.2) is 62.1 Å². The lowest BCUT2D eigenvalue weighted by atomic mass is 9.96. The zero-order chi connectivity index (χ0) is 15.2. The summed E-state index contributed by atoms with van der Waals surface area (Å²) in [4.78, 5) is 4.55. The molecule has 0 bridgehead atoms. The van der Waals surface area contributed by atoms with E-state index >= 15 is 0 Å². The van der Waals surface area contributed by atoms with E-state index < -0.39 is 0 Å². The van der Waals surface area contributed by atoms with Crippen LogP contribution in [0, 0.1) is 0 Å². The summed E-state index contributed by atoms with van der Waals surface area (Å²) in [6, 6.07) is 4.11. The Balaban J connectivity index is 1.65. The molecule has 1 aromatic carbocycles. The molecule has 0 radical (unpaired) electrons. The normalized spacial score (nSPS) is 28.0. The van der Waals surface area contributed by atoms with Crippen LogP contribution in [0.15, 0.2) is 12.1 Å². The number of hydrogen-bond donors (Lipinski definition) is 2. The first kappa shape index (κ1) is 14.1. The van der Waals surface area contributed by atoms with Crippen molar-refractivity contribution in [2.45, 2.75) is 18.4 Å². The molecule has 3 heterocycles. The number of ether oxygens (including phenoxy) is 2. The summed E-state index contributed by atoms with van der Waals surface area (Å²) in [5.74, 6) is 0.968. The molecule has 6 nitrogen and oxygen atoms in total. The Hall–Kier alpha value is -1.50. The van der Waals surface area contributed by atoms with Crippen molar-refractivity contribution in [1.29, 1.82) is 0 Å². The number of fused-ring (bicyclic) bond motifs is 1. The lowest BCUT2D eigenvalue weighted by Crippen LogP contribution is -2.37. The maximum atomic E-state index is 9.52. The highest BCUT2D eigenvalue weighted by molar-refractivity contribution is 5.74. The Kier molecular flexibility index (Phi) is 3.40. The van der Waals surface area contributed by atoms with Gasteiger partial charge in [0.15, 0.2) is 0 Å². The molecule has 0 saturated carbocycles. The number of nitrogens with one attached hydrogen (secondary N) is 1. The molecule has 1 spiro atoms. The summed E-state index contributed by atoms with van der Waals surface area (Å²) in [5, 5.41) is 9.52. The maximum Gasteiger partial charge on any atom is 0.127 e. The predicted molar refractivity (Wildman–Crippen MR) is 84.1 cm³/mol. The monoisotopic (exact) mass is 305 g/mol. The first-order valence-corrected chi connectivity index (χ1v) is 7.96. The molecule has 3 aliphatic rings. The van der Waals surface area contributed by atoms with Gasteiger partial charge in [0.2, 0.25) is 0 Å². The minimum Gasteiger partial charge on any atom is -0.485 e. The summed E-state index contributed by atoms with van der Waals surface area (Å²) < 4.78 is 11.8. The van der Waals surface area contributed by atoms with E-state index in [4.69, 9.17) is 9.47 Å². The van der Waals surface area contributed by atoms with Gasteiger partial charge in [-0.1, -0.05) is 0 Å². The van der Waals surface area contributed by atoms with Gasteiger partial charge in [-0.2, -0.15) is 0 Å². The second-order valence-electron chi connectivity index (χ2n) is 6.64. The van der Waals surface area contributed by atoms with Gasteiger partial charge in [0.05, 0.1) is 24.6 Å². The number of likely N-dealkylation sites (N-methyl/N-ethyl adjacent to an activating group) is 1. The van der Waals surface area contributed by atoms with E-state index in [0.29, 0.717) is 0 Å². The van der Waals surface area contributed by atoms with E-state index in [2.05, 4.69) is 28.4 Å². The van der Waals surface area contributed by atoms with E-state index in [1.165, 1.54) is 5.56 Å². The fraction of sp³-hybridized carbons (Fsp3) is 0.625. The highest BCUT2D eigenvalue weighted by Crippen LogP contribution is 2.44. The van der Waals surface area contributed by atoms with Crippen molar-refractivity contribution in [1.82, 2.24) is 4.90 Å². The van der Waals surface area contributed by atoms with Gasteiger partial charge in [-0.3, -0.25) is 10.7 Å². The van der Waals surface area contributed by atoms with E-state index in [-0.39, 0.29) is 5.60 Å². The van der Waals surface area contributed by atoms with Crippen LogP contribution in [-0.2, 0) is 11.2 Å². The SMILES string of the molecule is CN1CCC2(Cc3cc(NO)c(N4CCOCC4)cc3O2)C1. The summed E-state index contributed by atoms with van der Waals surface area (Å²) in [6.07, 6.45) is 1.98. The standard InChI is InChI=1S/C16H23N3O3/c1-18-3-2-16(11-18)10-12-8-13(17-20)14(9-15(12)22-16)19-4-6-21-7-5-19/h8-9,17,20H,2-7,10-11H2,1H3. The number of anilines is 2. The van der Waals surface area contributed by atoms with Crippen molar-refractivity contribution in [3.63, 3.8) is 0 Å². The van der Waals surface area contributed by atoms with Crippen LogP contribution in [0.25, 0.3) is 0 Å². The van der Waals surface area contributed by atoms with Crippen LogP contribution < -0.4 is 15.1 Å². The van der Waals surface area contributed by atoms with Crippen molar-refractivity contribution in [3.05, 3.63) is 17.7 Å². The van der Waals surface area contributed by atoms with Crippen molar-refractivity contribution < 1.29 is 14.7 Å². The van der Waals surface area contributed by atoms with Crippen LogP contribution in [0.2, 0.25) is 0 Å². The van der Waals surface area contributed by atoms with Gasteiger partial charge >= 0.3 is 0 Å². The molecule has 120 valence electrons. The highest BCUT2D eigenvalue weighted by Gasteiger charge is 2.44. The molecule has 2 fully saturated rings. The quantitative estimate of drug-likeness (QED) is 0.804. The first-order chi connectivity index (χ1) is 10.7. The third-order valence-corrected chi connectivity index (χ3v) is 5.00. The Morgan fingerprint density at radius 1 is 1.23 bits per heavy atom. The number of rotatable bonds is 2. The van der Waals surface area contributed by atoms with Gasteiger partial charge in [0.25, 0.3) is 0 Å². The number of likely N-dealkylation sites (tertiary alicyclic amines) is 1. The van der Waals surface area contributed by atoms with Crippen molar-refractivity contribution in [2.75, 3.05) is 56.8 Å². The Morgan fingerprint density at radius 2 is 2.05 bits per heavy atom. The molecule has 2 N–H and O–H groups in total. The van der Waals surface area contributed by atoms with Crippen molar-refractivity contribution in [3.8, 4) is 5.75 Å². The summed E-state index contributed by atoms with van der Waals surface area (Å²) in [5.41, 5.74) is 5.22. The average molecular weight is 305 g/mol. The third kappa shape index (κ3) is 2.31. The Labute approximate surface area is 130 Å². The molecular weight excluding hydrogens is 282 g/mol. The smallest absolute Gasteiger partial charge is 0.127 e. The molecule has 2 saturated heterocycles. The van der Waals surface area contributed by atoms with Gasteiger partial charge < -0.3 is 19.3 Å². The molecule has 3 aliphatic heterocycles. The second-order valence-corrected chi connectivity index (χ2v) is 6.64. The summed E-state index contributed by atoms with van der Waals surface area (Å²) in [7, 11) is 2.14. The summed E-state index contributed by atoms with van der Waals surface area (Å²) >= 11 is 0. The molecule has 4 rings (SSSR count). The van der Waals surface area contributed by atoms with Gasteiger partial charge in [-0.05, 0) is 13.1 Å². The topological polar surface area (TPSA) is 57.2 Å². The predicted octanol–water partition coefficient (Wildman–Crippen LogP) is 1.33. The molecule has 22 heavy (non-hydrogen) atoms. The highest BCUT2D eigenvalue weighted by atomic mass is 16.5. The Morgan fingerprint density at radius 3 is 2.73 bits per heavy atom. The molecule has 0 amide bonds. The van der Waals surface area contributed by atoms with Crippen LogP contribution in [0.5, 0.6) is 5.75 Å². The number of nitrogens with zero attached hydrogens (tertiary/aromatic N) is 2. The van der Waals surface area contributed by atoms with Crippen molar-refractivity contribution >= 4 is 11.4 Å². The average Bonchev–Trinajstić information content (AvgIpc) is 3.08. The number of morpholine rings is 1. The van der Waals surface area contributed by atoms with Gasteiger partial charge in [-0.25, -0.2) is 0 Å². The largest absolute Gasteiger partial charge is 0.485 e. The fourth-order valence-corrected chi connectivity index (χ4v) is 3.89. The van der Waals surface area contributed by atoms with E-state index in [0.717, 1.165) is 69.4 Å². The van der Waals surface area contributed by atoms with Crippen LogP contribution in [0.1, 0.15) is 12.0 Å². The first-order valence-electron chi connectivity index (χ1n) is 7.96. The minimum atomic E-state index is -0.0760. The minimum absolute atomic E-state index is 0.0760. The van der Waals surface area contributed by atoms with E-state index in [1.54, 1.807) is 0 Å². The zero-order valence-electron chi connectivity index (χ0n) is 13.0. The molecule has 6 heteroatoms. The molecule has 0 aromatic heterocycles. The van der Waals surface area contributed by atoms with Crippen LogP contribution in [0.4, 0.5) is 11.4 Å². The maximum absolute atomic E-state index is 9.52. The second kappa shape index (κ2) is 5.30. The molecular formula is C16H23N3O3. The zero-order valence-corrected chi connectivity index (χ0v) is 13.0. The number of benzene rings is 1. The molecule has 1 aromatic rings. The van der Waals surface area contributed by atoms with Gasteiger partial charge in [0, 0.05) is 50.7 Å². The van der Waals surface area contributed by atoms with Gasteiger partial charge in [-0.15, -0.1) is 0 Å². The van der Waals surface area contributed by atoms with Crippen molar-refractivity contribution in [2.24, 2.45) is 0 Å². The summed E-state index contributed by atoms with van der Waals surface area (Å²) in [6.45, 7) is 5.16. The van der Waals surface area contributed by atoms with E-state index in [1.807, 2.05) is 6.07 Å². The van der Waals surface area contributed by atoms with Crippen LogP contribution in [0.3, 0.4) is 0 Å². The van der Waals surface area contributed by atoms with Gasteiger partial charge in [0.1, 0.15) is 11.4 Å². The molecule has 1 atom stereocenters. The van der Waals surface area contributed by atoms with Crippen LogP contribution >= 0.6 is 0 Å². The lowest BCUT2D eigenvalue weighted by Gasteiger charge is -2.30. The van der Waals surface area contributed by atoms with E-state index in [9.17, 15) is 5.21 Å². The lowest BCUT2D eigenvalue weighted by molar-refractivity contribution is 0.106.